The third kappa shape index (κ3) is 2.92. The monoisotopic (exact) mass is 282 g/mol. The molecule has 1 aromatic carbocycles. The van der Waals surface area contributed by atoms with Crippen LogP contribution in [0.4, 0.5) is 0 Å². The molecule has 0 fully saturated rings. The largest absolute Gasteiger partial charge is 0.212 e. The van der Waals surface area contributed by atoms with Crippen LogP contribution >= 0.6 is 0 Å². The van der Waals surface area contributed by atoms with Gasteiger partial charge in [-0.3, -0.25) is 0 Å². The number of benzene rings is 1. The number of hydrogen-bond donors (Lipinski definition) is 0. The van der Waals surface area contributed by atoms with Gasteiger partial charge in [0.15, 0.2) is 6.20 Å². The number of nitrogens with zero attached hydrogens (tertiary/aromatic N) is 1. The molecule has 0 radical (unpaired) electrons. The highest BCUT2D eigenvalue weighted by molar-refractivity contribution is 5.61. The van der Waals surface area contributed by atoms with Crippen LogP contribution in [0.5, 0.6) is 0 Å². The Bertz CT molecular complexity index is 945. The van der Waals surface area contributed by atoms with Crippen LogP contribution in [0.1, 0.15) is 75.1 Å². The Labute approximate surface area is 143 Å². The van der Waals surface area contributed by atoms with Crippen molar-refractivity contribution < 1.29 is 23.8 Å². The van der Waals surface area contributed by atoms with Crippen molar-refractivity contribution in [3.8, 4) is 11.3 Å². The molecule has 0 saturated carbocycles. The van der Waals surface area contributed by atoms with E-state index in [1.807, 2.05) is 0 Å². The van der Waals surface area contributed by atoms with Gasteiger partial charge in [0.05, 0.1) is 0 Å². The molecule has 1 heterocycles. The van der Waals surface area contributed by atoms with Gasteiger partial charge in [-0.05, 0) is 42.0 Å². The number of pyridine rings is 1. The first-order chi connectivity index (χ1) is 15.0. The van der Waals surface area contributed by atoms with E-state index in [1.54, 1.807) is 6.92 Å². The third-order valence-corrected chi connectivity index (χ3v) is 3.21. The molecule has 2 rings (SSSR count). The standard InChI is InChI=1S/C19H26N/c1-13(2)16-7-9-18(15(5)11-16)19-10-8-17(14(3)4)12-20(19)6/h7-14H,1-6H3/q+1/i1D3,2D3,3D3,4D3,13D,14D. The Balaban J connectivity index is 2.66. The summed E-state index contributed by atoms with van der Waals surface area (Å²) in [5.74, 6) is -5.71. The molecule has 0 aliphatic rings. The lowest BCUT2D eigenvalue weighted by atomic mass is 9.95. The van der Waals surface area contributed by atoms with Gasteiger partial charge in [0.1, 0.15) is 7.05 Å². The Morgan fingerprint density at radius 2 is 1.65 bits per heavy atom. The maximum atomic E-state index is 8.33. The fourth-order valence-corrected chi connectivity index (χ4v) is 2.14. The molecule has 0 unspecified atom stereocenters. The van der Waals surface area contributed by atoms with Crippen LogP contribution in [0.3, 0.4) is 0 Å². The molecule has 2 aromatic rings. The lowest BCUT2D eigenvalue weighted by molar-refractivity contribution is -0.660. The lowest BCUT2D eigenvalue weighted by Gasteiger charge is -2.11. The van der Waals surface area contributed by atoms with E-state index in [2.05, 4.69) is 0 Å². The van der Waals surface area contributed by atoms with Gasteiger partial charge in [-0.25, -0.2) is 4.57 Å². The maximum Gasteiger partial charge on any atom is 0.212 e. The Morgan fingerprint density at radius 1 is 1.00 bits per heavy atom. The molecule has 1 heteroatoms. The van der Waals surface area contributed by atoms with E-state index in [-0.39, 0.29) is 11.1 Å². The second-order valence-electron chi connectivity index (χ2n) is 4.69. The Hall–Kier alpha value is -1.63. The van der Waals surface area contributed by atoms with Crippen molar-refractivity contribution in [2.24, 2.45) is 7.05 Å². The molecule has 1 nitrogen and oxygen atoms in total. The van der Waals surface area contributed by atoms with E-state index in [4.69, 9.17) is 19.2 Å². The van der Waals surface area contributed by atoms with Crippen molar-refractivity contribution in [2.75, 3.05) is 0 Å². The van der Waals surface area contributed by atoms with Crippen LogP contribution < -0.4 is 4.57 Å². The van der Waals surface area contributed by atoms with Crippen LogP contribution in [-0.2, 0) is 7.05 Å². The van der Waals surface area contributed by atoms with Crippen LogP contribution in [-0.4, -0.2) is 0 Å². The molecular weight excluding hydrogens is 242 g/mol. The third-order valence-electron chi connectivity index (χ3n) is 3.21. The minimum Gasteiger partial charge on any atom is -0.201 e. The summed E-state index contributed by atoms with van der Waals surface area (Å²) in [5.41, 5.74) is 1.01. The number of aryl methyl sites for hydroxylation is 2. The van der Waals surface area contributed by atoms with E-state index in [9.17, 15) is 0 Å². The summed E-state index contributed by atoms with van der Waals surface area (Å²) < 4.78 is 110. The second kappa shape index (κ2) is 5.78. The number of hydrogen-bond acceptors (Lipinski definition) is 0. The number of aromatic nitrogens is 1. The molecule has 0 aliphatic carbocycles. The molecule has 0 atom stereocenters. The molecule has 0 saturated heterocycles. The summed E-state index contributed by atoms with van der Waals surface area (Å²) in [6.07, 6.45) is 1.24. The van der Waals surface area contributed by atoms with Gasteiger partial charge in [-0.2, -0.15) is 0 Å². The zero-order valence-corrected chi connectivity index (χ0v) is 11.4. The summed E-state index contributed by atoms with van der Waals surface area (Å²) in [7, 11) is 1.53. The summed E-state index contributed by atoms with van der Waals surface area (Å²) in [6.45, 7) is -10.9. The highest BCUT2D eigenvalue weighted by Gasteiger charge is 2.14. The first-order valence-electron chi connectivity index (χ1n) is 13.1. The quantitative estimate of drug-likeness (QED) is 0.716. The fraction of sp³-hybridized carbons (Fsp3) is 0.421. The molecule has 20 heavy (non-hydrogen) atoms. The predicted molar refractivity (Wildman–Crippen MR) is 86.0 cm³/mol. The average molecular weight is 283 g/mol. The van der Waals surface area contributed by atoms with Gasteiger partial charge in [-0.15, -0.1) is 0 Å². The van der Waals surface area contributed by atoms with Gasteiger partial charge in [0.2, 0.25) is 5.69 Å². The maximum absolute atomic E-state index is 8.33. The van der Waals surface area contributed by atoms with E-state index in [1.165, 1.54) is 48.1 Å². The minimum absolute atomic E-state index is 0.206. The van der Waals surface area contributed by atoms with Crippen LogP contribution in [0.25, 0.3) is 11.3 Å². The topological polar surface area (TPSA) is 3.88 Å². The Morgan fingerprint density at radius 3 is 2.25 bits per heavy atom. The predicted octanol–water partition coefficient (Wildman–Crippen LogP) is 4.73. The SMILES string of the molecule is [2H]C([2H])([2H])C([2H])(c1ccc(-c2ccc(C([2H])(C([2H])([2H])[2H])C([2H])([2H])[2H])c[n+]2C)c(C)c1)C([2H])([2H])[2H]. The van der Waals surface area contributed by atoms with Crippen molar-refractivity contribution in [3.05, 3.63) is 53.2 Å². The fourth-order valence-electron chi connectivity index (χ4n) is 2.14. The van der Waals surface area contributed by atoms with Crippen molar-refractivity contribution >= 4 is 0 Å². The van der Waals surface area contributed by atoms with E-state index < -0.39 is 39.2 Å². The van der Waals surface area contributed by atoms with Gasteiger partial charge in [0, 0.05) is 36.4 Å². The first-order valence-corrected chi connectivity index (χ1v) is 6.12. The van der Waals surface area contributed by atoms with Gasteiger partial charge in [0.25, 0.3) is 0 Å². The summed E-state index contributed by atoms with van der Waals surface area (Å²) in [5, 5.41) is 0. The van der Waals surface area contributed by atoms with Crippen molar-refractivity contribution in [3.63, 3.8) is 0 Å². The van der Waals surface area contributed by atoms with Gasteiger partial charge < -0.3 is 0 Å². The molecule has 0 amide bonds. The number of rotatable bonds is 3. The van der Waals surface area contributed by atoms with Gasteiger partial charge in [-0.1, -0.05) is 39.5 Å². The molecule has 106 valence electrons. The highest BCUT2D eigenvalue weighted by Crippen LogP contribution is 2.25. The molecule has 0 bridgehead atoms. The van der Waals surface area contributed by atoms with Crippen molar-refractivity contribution in [2.45, 2.75) is 46.1 Å². The second-order valence-corrected chi connectivity index (χ2v) is 4.69. The zero-order chi connectivity index (χ0) is 26.7. The molecule has 0 spiro atoms. The van der Waals surface area contributed by atoms with Crippen molar-refractivity contribution in [1.29, 1.82) is 0 Å². The molecule has 0 N–H and O–H groups in total. The molecule has 0 aliphatic heterocycles. The van der Waals surface area contributed by atoms with Gasteiger partial charge >= 0.3 is 0 Å². The minimum atomic E-state index is -3.13. The summed E-state index contributed by atoms with van der Waals surface area (Å²) in [4.78, 5) is 0. The summed E-state index contributed by atoms with van der Waals surface area (Å²) >= 11 is 0. The molecular formula is C19H26N+. The summed E-state index contributed by atoms with van der Waals surface area (Å²) in [6, 6.07) is 6.71. The first kappa shape index (κ1) is 4.98. The van der Waals surface area contributed by atoms with E-state index in [0.717, 1.165) is 0 Å². The average Bonchev–Trinajstić information content (AvgIpc) is 2.63. The highest BCUT2D eigenvalue weighted by atomic mass is 14.9. The van der Waals surface area contributed by atoms with E-state index >= 15 is 0 Å². The zero-order valence-electron chi connectivity index (χ0n) is 25.4. The molecule has 1 aromatic heterocycles. The van der Waals surface area contributed by atoms with Crippen LogP contribution in [0, 0.1) is 6.92 Å². The Kier molecular flexibility index (Phi) is 1.44. The van der Waals surface area contributed by atoms with Crippen LogP contribution in [0.2, 0.25) is 0 Å². The van der Waals surface area contributed by atoms with Crippen LogP contribution in [0.15, 0.2) is 36.5 Å². The van der Waals surface area contributed by atoms with Crippen molar-refractivity contribution in [1.82, 2.24) is 0 Å². The lowest BCUT2D eigenvalue weighted by Crippen LogP contribution is -2.31. The smallest absolute Gasteiger partial charge is 0.201 e. The van der Waals surface area contributed by atoms with E-state index in [0.29, 0.717) is 16.8 Å². The normalized spacial score (nSPS) is 25.3.